The second-order valence-corrected chi connectivity index (χ2v) is 11.4. The van der Waals surface area contributed by atoms with Crippen LogP contribution in [0.5, 0.6) is 0 Å². The van der Waals surface area contributed by atoms with Gasteiger partial charge in [-0.1, -0.05) is 174 Å². The normalized spacial score (nSPS) is 11.4. The summed E-state index contributed by atoms with van der Waals surface area (Å²) in [5.41, 5.74) is 0. The number of rotatable bonds is 29. The standard InChI is InChI=1S/C31H63S/c1-3-5-7-9-11-13-15-17-19-21-23-25-27-29-31-32-30-28-26-24-22-20-18-16-14-12-10-8-6-4-2/h31H,3-30H2,1-2H3. The lowest BCUT2D eigenvalue weighted by Gasteiger charge is -2.04. The highest BCUT2D eigenvalue weighted by Gasteiger charge is 1.96. The molecule has 32 heavy (non-hydrogen) atoms. The minimum Gasteiger partial charge on any atom is -0.157 e. The zero-order valence-electron chi connectivity index (χ0n) is 22.8. The lowest BCUT2D eigenvalue weighted by molar-refractivity contribution is 0.539. The van der Waals surface area contributed by atoms with E-state index in [9.17, 15) is 0 Å². The van der Waals surface area contributed by atoms with Crippen molar-refractivity contribution in [1.82, 2.24) is 0 Å². The van der Waals surface area contributed by atoms with Crippen molar-refractivity contribution in [3.63, 3.8) is 0 Å². The van der Waals surface area contributed by atoms with Crippen LogP contribution in [0.4, 0.5) is 0 Å². The molecule has 0 aliphatic heterocycles. The fraction of sp³-hybridized carbons (Fsp3) is 0.968. The van der Waals surface area contributed by atoms with Crippen LogP contribution in [0.25, 0.3) is 0 Å². The Hall–Kier alpha value is 0.350. The monoisotopic (exact) mass is 467 g/mol. The van der Waals surface area contributed by atoms with Crippen molar-refractivity contribution in [2.24, 2.45) is 0 Å². The van der Waals surface area contributed by atoms with Crippen molar-refractivity contribution in [2.45, 2.75) is 187 Å². The summed E-state index contributed by atoms with van der Waals surface area (Å²) in [6.45, 7) is 4.61. The zero-order valence-corrected chi connectivity index (χ0v) is 23.6. The predicted molar refractivity (Wildman–Crippen MR) is 153 cm³/mol. The van der Waals surface area contributed by atoms with Gasteiger partial charge in [0.15, 0.2) is 0 Å². The van der Waals surface area contributed by atoms with E-state index in [1.807, 2.05) is 0 Å². The molecule has 0 bridgehead atoms. The number of hydrogen-bond acceptors (Lipinski definition) is 1. The van der Waals surface area contributed by atoms with E-state index in [1.165, 1.54) is 179 Å². The maximum atomic E-state index is 2.50. The second-order valence-electron chi connectivity index (χ2n) is 10.3. The number of hydrogen-bond donors (Lipinski definition) is 0. The molecule has 0 saturated heterocycles. The minimum absolute atomic E-state index is 1.33. The van der Waals surface area contributed by atoms with E-state index < -0.39 is 0 Å². The molecule has 0 atom stereocenters. The molecular formula is C31H63S. The van der Waals surface area contributed by atoms with E-state index in [4.69, 9.17) is 0 Å². The van der Waals surface area contributed by atoms with Gasteiger partial charge in [0.25, 0.3) is 0 Å². The van der Waals surface area contributed by atoms with Crippen LogP contribution in [0.2, 0.25) is 0 Å². The summed E-state index contributed by atoms with van der Waals surface area (Å²) < 4.78 is 0. The van der Waals surface area contributed by atoms with E-state index in [0.29, 0.717) is 0 Å². The van der Waals surface area contributed by atoms with Crippen LogP contribution < -0.4 is 0 Å². The summed E-state index contributed by atoms with van der Waals surface area (Å²) in [4.78, 5) is 0. The van der Waals surface area contributed by atoms with Gasteiger partial charge in [0, 0.05) is 5.75 Å². The van der Waals surface area contributed by atoms with Crippen LogP contribution in [0.1, 0.15) is 187 Å². The molecule has 0 rings (SSSR count). The summed E-state index contributed by atoms with van der Waals surface area (Å²) >= 11 is 2.10. The van der Waals surface area contributed by atoms with Gasteiger partial charge in [0.05, 0.1) is 0 Å². The van der Waals surface area contributed by atoms with Crippen molar-refractivity contribution in [1.29, 1.82) is 0 Å². The van der Waals surface area contributed by atoms with Crippen LogP contribution in [0, 0.1) is 5.75 Å². The maximum absolute atomic E-state index is 2.50. The van der Waals surface area contributed by atoms with Gasteiger partial charge in [0.2, 0.25) is 0 Å². The average Bonchev–Trinajstić information content (AvgIpc) is 2.81. The Morgan fingerprint density at radius 2 is 0.625 bits per heavy atom. The third-order valence-electron chi connectivity index (χ3n) is 6.91. The largest absolute Gasteiger partial charge is 0.157 e. The molecule has 0 aliphatic rings. The Morgan fingerprint density at radius 3 is 0.969 bits per heavy atom. The third-order valence-corrected chi connectivity index (χ3v) is 7.90. The molecule has 0 aromatic rings. The van der Waals surface area contributed by atoms with Gasteiger partial charge in [-0.15, -0.1) is 0 Å². The van der Waals surface area contributed by atoms with E-state index in [-0.39, 0.29) is 0 Å². The molecule has 0 nitrogen and oxygen atoms in total. The predicted octanol–water partition coefficient (Wildman–Crippen LogP) is 12.5. The molecule has 193 valence electrons. The molecular weight excluding hydrogens is 404 g/mol. The number of unbranched alkanes of at least 4 members (excludes halogenated alkanes) is 25. The Labute approximate surface area is 210 Å². The van der Waals surface area contributed by atoms with Crippen LogP contribution >= 0.6 is 11.8 Å². The molecule has 1 radical (unpaired) electrons. The van der Waals surface area contributed by atoms with Crippen LogP contribution in [0.15, 0.2) is 0 Å². The van der Waals surface area contributed by atoms with Crippen LogP contribution in [-0.4, -0.2) is 5.75 Å². The van der Waals surface area contributed by atoms with Gasteiger partial charge < -0.3 is 0 Å². The van der Waals surface area contributed by atoms with Gasteiger partial charge in [-0.2, -0.15) is 11.8 Å². The second kappa shape index (κ2) is 31.4. The van der Waals surface area contributed by atoms with Gasteiger partial charge in [0.1, 0.15) is 0 Å². The lowest BCUT2D eigenvalue weighted by atomic mass is 10.0. The molecule has 0 N–H and O–H groups in total. The third kappa shape index (κ3) is 30.4. The van der Waals surface area contributed by atoms with Gasteiger partial charge >= 0.3 is 0 Å². The van der Waals surface area contributed by atoms with Crippen molar-refractivity contribution in [3.8, 4) is 0 Å². The Balaban J connectivity index is 2.98. The van der Waals surface area contributed by atoms with E-state index >= 15 is 0 Å². The van der Waals surface area contributed by atoms with Crippen molar-refractivity contribution >= 4 is 11.8 Å². The minimum atomic E-state index is 1.33. The molecule has 0 unspecified atom stereocenters. The fourth-order valence-corrected chi connectivity index (χ4v) is 5.49. The Bertz CT molecular complexity index is 271. The van der Waals surface area contributed by atoms with Gasteiger partial charge in [-0.3, -0.25) is 0 Å². The van der Waals surface area contributed by atoms with Gasteiger partial charge in [-0.05, 0) is 18.6 Å². The topological polar surface area (TPSA) is 0 Å². The van der Waals surface area contributed by atoms with Crippen LogP contribution in [-0.2, 0) is 0 Å². The molecule has 0 spiro atoms. The molecule has 0 saturated carbocycles. The highest BCUT2D eigenvalue weighted by molar-refractivity contribution is 8.01. The first-order valence-electron chi connectivity index (χ1n) is 15.3. The molecule has 0 heterocycles. The molecule has 0 aromatic heterocycles. The zero-order chi connectivity index (χ0) is 23.2. The summed E-state index contributed by atoms with van der Waals surface area (Å²) in [7, 11) is 0. The fourth-order valence-electron chi connectivity index (χ4n) is 4.62. The quantitative estimate of drug-likeness (QED) is 0.0985. The highest BCUT2D eigenvalue weighted by atomic mass is 32.2. The van der Waals surface area contributed by atoms with E-state index in [2.05, 4.69) is 31.4 Å². The van der Waals surface area contributed by atoms with Crippen molar-refractivity contribution in [2.75, 3.05) is 5.75 Å². The Kier molecular flexibility index (Phi) is 31.7. The van der Waals surface area contributed by atoms with E-state index in [1.54, 1.807) is 0 Å². The first kappa shape index (κ1) is 32.4. The van der Waals surface area contributed by atoms with Gasteiger partial charge in [-0.25, -0.2) is 0 Å². The molecule has 0 aliphatic carbocycles. The van der Waals surface area contributed by atoms with Crippen molar-refractivity contribution in [3.05, 3.63) is 5.75 Å². The summed E-state index contributed by atoms with van der Waals surface area (Å²) in [6.07, 6.45) is 39.3. The summed E-state index contributed by atoms with van der Waals surface area (Å²) in [5.74, 6) is 3.86. The molecule has 0 fully saturated rings. The summed E-state index contributed by atoms with van der Waals surface area (Å²) in [5, 5.41) is 0. The molecule has 0 amide bonds. The first-order valence-corrected chi connectivity index (χ1v) is 16.4. The number of thioether (sulfide) groups is 1. The average molecular weight is 468 g/mol. The van der Waals surface area contributed by atoms with E-state index in [0.717, 1.165) is 0 Å². The first-order chi connectivity index (χ1) is 15.9. The lowest BCUT2D eigenvalue weighted by Crippen LogP contribution is -1.85. The SMILES string of the molecule is CCCCCCCCCCCCCCC[CH]SCCCCCCCCCCCCCCC. The highest BCUT2D eigenvalue weighted by Crippen LogP contribution is 2.18. The molecule has 1 heteroatoms. The van der Waals surface area contributed by atoms with Crippen LogP contribution in [0.3, 0.4) is 0 Å². The maximum Gasteiger partial charge on any atom is 0.0166 e. The molecule has 0 aromatic carbocycles. The summed E-state index contributed by atoms with van der Waals surface area (Å²) in [6, 6.07) is 0. The Morgan fingerprint density at radius 1 is 0.344 bits per heavy atom. The van der Waals surface area contributed by atoms with Crippen molar-refractivity contribution < 1.29 is 0 Å². The smallest absolute Gasteiger partial charge is 0.0166 e.